The summed E-state index contributed by atoms with van der Waals surface area (Å²) in [5.41, 5.74) is 1.44. The Morgan fingerprint density at radius 2 is 1.73 bits per heavy atom. The first-order valence-electron chi connectivity index (χ1n) is 10.4. The number of fused-ring (bicyclic) bond motifs is 2. The van der Waals surface area contributed by atoms with Gasteiger partial charge in [0.05, 0.1) is 19.3 Å². The van der Waals surface area contributed by atoms with Crippen molar-refractivity contribution in [3.8, 4) is 5.75 Å². The van der Waals surface area contributed by atoms with Crippen LogP contribution in [0.4, 0.5) is 14.5 Å². The van der Waals surface area contributed by atoms with Gasteiger partial charge in [-0.3, -0.25) is 9.59 Å². The Labute approximate surface area is 193 Å². The van der Waals surface area contributed by atoms with E-state index >= 15 is 0 Å². The number of ether oxygens (including phenoxy) is 1. The lowest BCUT2D eigenvalue weighted by Gasteiger charge is -2.33. The second-order valence-corrected chi connectivity index (χ2v) is 9.07. The number of para-hydroxylation sites is 1. The monoisotopic (exact) mass is 466 g/mol. The van der Waals surface area contributed by atoms with Gasteiger partial charge < -0.3 is 14.5 Å². The Balaban J connectivity index is 1.57. The second-order valence-electron chi connectivity index (χ2n) is 7.79. The number of anilines is 1. The summed E-state index contributed by atoms with van der Waals surface area (Å²) in [5, 5.41) is 0. The Hall–Kier alpha value is -3.39. The molecule has 0 N–H and O–H groups in total. The summed E-state index contributed by atoms with van der Waals surface area (Å²) in [6.45, 7) is 0.110. The fraction of sp³-hybridized carbons (Fsp3) is 0.200. The molecule has 0 aliphatic carbocycles. The number of methoxy groups -OCH3 is 1. The van der Waals surface area contributed by atoms with Crippen molar-refractivity contribution < 1.29 is 23.1 Å². The van der Waals surface area contributed by atoms with Crippen molar-refractivity contribution in [3.05, 3.63) is 95.1 Å². The lowest BCUT2D eigenvalue weighted by atomic mass is 10.0. The van der Waals surface area contributed by atoms with E-state index < -0.39 is 16.5 Å². The Kier molecular flexibility index (Phi) is 5.32. The first kappa shape index (κ1) is 21.5. The van der Waals surface area contributed by atoms with E-state index in [9.17, 15) is 18.4 Å². The van der Waals surface area contributed by atoms with E-state index in [2.05, 4.69) is 0 Å². The number of carbonyl (C=O) groups is 2. The van der Waals surface area contributed by atoms with E-state index in [0.29, 0.717) is 34.9 Å². The zero-order chi connectivity index (χ0) is 23.2. The van der Waals surface area contributed by atoms with Crippen LogP contribution in [0, 0.1) is 11.6 Å². The number of hydrogen-bond acceptors (Lipinski definition) is 4. The molecule has 1 unspecified atom stereocenters. The summed E-state index contributed by atoms with van der Waals surface area (Å²) in [6.07, 6.45) is 0. The number of halogens is 2. The molecule has 2 heterocycles. The average Bonchev–Trinajstić information content (AvgIpc) is 3.38. The Morgan fingerprint density at radius 1 is 1.03 bits per heavy atom. The van der Waals surface area contributed by atoms with Crippen LogP contribution in [-0.2, 0) is 16.2 Å². The normalized spacial score (nSPS) is 19.3. The molecule has 168 valence electrons. The first-order valence-corrected chi connectivity index (χ1v) is 11.4. The molecule has 0 radical (unpaired) electrons. The van der Waals surface area contributed by atoms with E-state index in [1.807, 2.05) is 0 Å². The fourth-order valence-electron chi connectivity index (χ4n) is 4.46. The summed E-state index contributed by atoms with van der Waals surface area (Å²) in [6, 6.07) is 17.5. The molecule has 3 aromatic carbocycles. The summed E-state index contributed by atoms with van der Waals surface area (Å²) in [4.78, 5) is 29.1. The van der Waals surface area contributed by atoms with Gasteiger partial charge in [0.2, 0.25) is 0 Å². The molecular weight excluding hydrogens is 446 g/mol. The molecule has 1 saturated heterocycles. The maximum atomic E-state index is 14.4. The van der Waals surface area contributed by atoms with Crippen molar-refractivity contribution in [1.82, 2.24) is 4.90 Å². The number of hydrogen-bond donors (Lipinski definition) is 0. The summed E-state index contributed by atoms with van der Waals surface area (Å²) in [7, 11) is 1.55. The molecule has 2 amide bonds. The van der Waals surface area contributed by atoms with Crippen LogP contribution in [0.3, 0.4) is 0 Å². The molecule has 3 aromatic rings. The molecule has 1 atom stereocenters. The van der Waals surface area contributed by atoms with Crippen LogP contribution in [-0.4, -0.2) is 36.1 Å². The number of thioether (sulfide) groups is 1. The average molecular weight is 467 g/mol. The maximum absolute atomic E-state index is 14.4. The first-order chi connectivity index (χ1) is 16.0. The van der Waals surface area contributed by atoms with Gasteiger partial charge in [0.25, 0.3) is 11.8 Å². The van der Waals surface area contributed by atoms with Gasteiger partial charge in [-0.2, -0.15) is 0 Å². The van der Waals surface area contributed by atoms with Crippen LogP contribution in [0.1, 0.15) is 21.5 Å². The van der Waals surface area contributed by atoms with E-state index in [1.54, 1.807) is 60.5 Å². The second kappa shape index (κ2) is 8.19. The smallest absolute Gasteiger partial charge is 0.268 e. The lowest BCUT2D eigenvalue weighted by molar-refractivity contribution is -0.123. The van der Waals surface area contributed by atoms with E-state index in [1.165, 1.54) is 34.9 Å². The zero-order valence-electron chi connectivity index (χ0n) is 17.8. The predicted octanol–water partition coefficient (Wildman–Crippen LogP) is 4.56. The predicted molar refractivity (Wildman–Crippen MR) is 122 cm³/mol. The van der Waals surface area contributed by atoms with Crippen molar-refractivity contribution >= 4 is 29.3 Å². The van der Waals surface area contributed by atoms with Crippen molar-refractivity contribution in [2.45, 2.75) is 11.4 Å². The van der Waals surface area contributed by atoms with Gasteiger partial charge >= 0.3 is 0 Å². The number of benzene rings is 3. The van der Waals surface area contributed by atoms with Gasteiger partial charge in [0.1, 0.15) is 17.4 Å². The van der Waals surface area contributed by atoms with Crippen LogP contribution in [0.5, 0.6) is 5.75 Å². The molecule has 8 heteroatoms. The quantitative estimate of drug-likeness (QED) is 0.566. The molecule has 0 aromatic heterocycles. The summed E-state index contributed by atoms with van der Waals surface area (Å²) in [5.74, 6) is -0.917. The van der Waals surface area contributed by atoms with Crippen molar-refractivity contribution in [2.75, 3.05) is 24.3 Å². The highest BCUT2D eigenvalue weighted by Crippen LogP contribution is 2.54. The molecule has 2 aliphatic rings. The van der Waals surface area contributed by atoms with Crippen molar-refractivity contribution in [1.29, 1.82) is 0 Å². The number of nitrogens with zero attached hydrogens (tertiary/aromatic N) is 2. The standard InChI is InChI=1S/C25H20F2N2O3S/c1-32-17-11-9-16(10-12-17)23(30)29-13-14-33-25(29)19-5-2-3-8-22(19)28(24(25)31)15-18-20(26)6-4-7-21(18)27/h2-12H,13-15H2,1H3. The van der Waals surface area contributed by atoms with Gasteiger partial charge in [-0.05, 0) is 42.5 Å². The number of amides is 2. The Morgan fingerprint density at radius 3 is 2.42 bits per heavy atom. The Bertz CT molecular complexity index is 1230. The topological polar surface area (TPSA) is 49.9 Å². The minimum Gasteiger partial charge on any atom is -0.497 e. The van der Waals surface area contributed by atoms with Crippen molar-refractivity contribution in [2.24, 2.45) is 0 Å². The van der Waals surface area contributed by atoms with Crippen LogP contribution in [0.2, 0.25) is 0 Å². The van der Waals surface area contributed by atoms with E-state index in [-0.39, 0.29) is 23.9 Å². The van der Waals surface area contributed by atoms with Crippen LogP contribution >= 0.6 is 11.8 Å². The number of carbonyl (C=O) groups excluding carboxylic acids is 2. The minimum atomic E-state index is -1.28. The van der Waals surface area contributed by atoms with E-state index in [0.717, 1.165) is 0 Å². The van der Waals surface area contributed by atoms with Gasteiger partial charge in [0.15, 0.2) is 4.87 Å². The highest BCUT2D eigenvalue weighted by Gasteiger charge is 2.59. The molecule has 5 rings (SSSR count). The van der Waals surface area contributed by atoms with Crippen LogP contribution in [0.25, 0.3) is 0 Å². The molecule has 1 spiro atoms. The van der Waals surface area contributed by atoms with Gasteiger partial charge in [0, 0.05) is 29.0 Å². The highest BCUT2D eigenvalue weighted by molar-refractivity contribution is 8.01. The third-order valence-corrected chi connectivity index (χ3v) is 7.48. The summed E-state index contributed by atoms with van der Waals surface area (Å²) >= 11 is 1.37. The van der Waals surface area contributed by atoms with Gasteiger partial charge in [-0.1, -0.05) is 24.3 Å². The maximum Gasteiger partial charge on any atom is 0.268 e. The molecule has 1 fully saturated rings. The van der Waals surface area contributed by atoms with Crippen LogP contribution in [0.15, 0.2) is 66.7 Å². The van der Waals surface area contributed by atoms with E-state index in [4.69, 9.17) is 4.74 Å². The third-order valence-electron chi connectivity index (χ3n) is 6.06. The van der Waals surface area contributed by atoms with Gasteiger partial charge in [-0.15, -0.1) is 11.8 Å². The van der Waals surface area contributed by atoms with Crippen molar-refractivity contribution in [3.63, 3.8) is 0 Å². The molecule has 2 aliphatic heterocycles. The zero-order valence-corrected chi connectivity index (χ0v) is 18.6. The summed E-state index contributed by atoms with van der Waals surface area (Å²) < 4.78 is 34.0. The molecule has 5 nitrogen and oxygen atoms in total. The molecule has 33 heavy (non-hydrogen) atoms. The largest absolute Gasteiger partial charge is 0.497 e. The SMILES string of the molecule is COc1ccc(C(=O)N2CCSC23C(=O)N(Cc2c(F)cccc2F)c2ccccc23)cc1. The third kappa shape index (κ3) is 3.28. The fourth-order valence-corrected chi connectivity index (χ4v) is 5.92. The van der Waals surface area contributed by atoms with Crippen LogP contribution < -0.4 is 9.64 Å². The molecular formula is C25H20F2N2O3S. The lowest BCUT2D eigenvalue weighted by Crippen LogP contribution is -2.50. The van der Waals surface area contributed by atoms with Gasteiger partial charge in [-0.25, -0.2) is 8.78 Å². The minimum absolute atomic E-state index is 0.186. The number of rotatable bonds is 4. The molecule has 0 saturated carbocycles. The highest BCUT2D eigenvalue weighted by atomic mass is 32.2. The molecule has 0 bridgehead atoms.